The molecule has 4 rings (SSSR count). The van der Waals surface area contributed by atoms with Gasteiger partial charge in [0.1, 0.15) is 12.6 Å². The number of nitrogens with one attached hydrogen (secondary N) is 1. The van der Waals surface area contributed by atoms with Gasteiger partial charge in [0.05, 0.1) is 5.52 Å². The number of hydrogen-bond acceptors (Lipinski definition) is 5. The Morgan fingerprint density at radius 2 is 1.87 bits per heavy atom. The van der Waals surface area contributed by atoms with Crippen LogP contribution in [0.2, 0.25) is 0 Å². The first-order chi connectivity index (χ1) is 14.4. The van der Waals surface area contributed by atoms with E-state index in [4.69, 9.17) is 4.52 Å². The Labute approximate surface area is 173 Å². The van der Waals surface area contributed by atoms with Crippen LogP contribution in [0.1, 0.15) is 30.0 Å². The first-order valence-corrected chi connectivity index (χ1v) is 9.71. The number of carbonyl (C=O) groups is 1. The summed E-state index contributed by atoms with van der Waals surface area (Å²) in [6.45, 7) is 5.56. The highest BCUT2D eigenvalue weighted by molar-refractivity contribution is 5.84. The standard InChI is InChI=1S/C23H22N4O3/c1-14-8-10-17(11-9-14)22-25-23(30-26-22)16(3)24-20(28)13-27-19-7-5-4-6-18(19)15(2)12-21(27)29/h4-12,16H,13H2,1-3H3,(H,24,28)/t16-/m0/s1. The molecule has 0 unspecified atom stereocenters. The summed E-state index contributed by atoms with van der Waals surface area (Å²) in [4.78, 5) is 29.5. The van der Waals surface area contributed by atoms with E-state index in [0.717, 1.165) is 27.6 Å². The van der Waals surface area contributed by atoms with E-state index >= 15 is 0 Å². The van der Waals surface area contributed by atoms with Gasteiger partial charge in [-0.25, -0.2) is 0 Å². The van der Waals surface area contributed by atoms with Crippen molar-refractivity contribution in [2.45, 2.75) is 33.4 Å². The molecule has 7 heteroatoms. The third-order valence-electron chi connectivity index (χ3n) is 5.03. The average Bonchev–Trinajstić information content (AvgIpc) is 3.22. The van der Waals surface area contributed by atoms with E-state index < -0.39 is 6.04 Å². The van der Waals surface area contributed by atoms with Crippen LogP contribution in [0.15, 0.2) is 63.9 Å². The summed E-state index contributed by atoms with van der Waals surface area (Å²) < 4.78 is 6.80. The van der Waals surface area contributed by atoms with Crippen molar-refractivity contribution in [3.05, 3.63) is 82.0 Å². The molecule has 0 spiro atoms. The first kappa shape index (κ1) is 19.6. The summed E-state index contributed by atoms with van der Waals surface area (Å²) in [7, 11) is 0. The number of benzene rings is 2. The highest BCUT2D eigenvalue weighted by Crippen LogP contribution is 2.19. The molecule has 0 aliphatic carbocycles. The third-order valence-corrected chi connectivity index (χ3v) is 5.03. The Balaban J connectivity index is 1.51. The molecule has 1 atom stereocenters. The normalized spacial score (nSPS) is 12.1. The highest BCUT2D eigenvalue weighted by atomic mass is 16.5. The second kappa shape index (κ2) is 7.94. The van der Waals surface area contributed by atoms with Crippen molar-refractivity contribution in [3.8, 4) is 11.4 Å². The maximum absolute atomic E-state index is 12.6. The van der Waals surface area contributed by atoms with Crippen LogP contribution in [0.3, 0.4) is 0 Å². The number of aryl methyl sites for hydroxylation is 2. The van der Waals surface area contributed by atoms with Crippen LogP contribution < -0.4 is 10.9 Å². The topological polar surface area (TPSA) is 90.0 Å². The van der Waals surface area contributed by atoms with Crippen molar-refractivity contribution in [2.24, 2.45) is 0 Å². The van der Waals surface area contributed by atoms with Crippen LogP contribution >= 0.6 is 0 Å². The van der Waals surface area contributed by atoms with Gasteiger partial charge in [-0.3, -0.25) is 14.2 Å². The molecular weight excluding hydrogens is 380 g/mol. The summed E-state index contributed by atoms with van der Waals surface area (Å²) >= 11 is 0. The second-order valence-corrected chi connectivity index (χ2v) is 7.38. The van der Waals surface area contributed by atoms with Crippen molar-refractivity contribution in [1.29, 1.82) is 0 Å². The van der Waals surface area contributed by atoms with Gasteiger partial charge in [-0.15, -0.1) is 0 Å². The van der Waals surface area contributed by atoms with Crippen LogP contribution in [-0.4, -0.2) is 20.6 Å². The number of nitrogens with zero attached hydrogens (tertiary/aromatic N) is 3. The maximum atomic E-state index is 12.6. The van der Waals surface area contributed by atoms with Gasteiger partial charge in [-0.1, -0.05) is 53.2 Å². The summed E-state index contributed by atoms with van der Waals surface area (Å²) in [5, 5.41) is 7.77. The molecule has 30 heavy (non-hydrogen) atoms. The number of rotatable bonds is 5. The van der Waals surface area contributed by atoms with Crippen LogP contribution in [-0.2, 0) is 11.3 Å². The second-order valence-electron chi connectivity index (χ2n) is 7.38. The number of carbonyl (C=O) groups excluding carboxylic acids is 1. The third kappa shape index (κ3) is 3.87. The Morgan fingerprint density at radius 1 is 1.13 bits per heavy atom. The number of aromatic nitrogens is 3. The molecule has 0 bridgehead atoms. The first-order valence-electron chi connectivity index (χ1n) is 9.71. The van der Waals surface area contributed by atoms with Crippen LogP contribution in [0.4, 0.5) is 0 Å². The SMILES string of the molecule is Cc1ccc(-c2noc([C@H](C)NC(=O)Cn3c(=O)cc(C)c4ccccc43)n2)cc1. The number of amides is 1. The van der Waals surface area contributed by atoms with Crippen molar-refractivity contribution in [2.75, 3.05) is 0 Å². The zero-order valence-electron chi connectivity index (χ0n) is 17.0. The predicted octanol–water partition coefficient (Wildman–Crippen LogP) is 3.55. The van der Waals surface area contributed by atoms with Crippen LogP contribution in [0.5, 0.6) is 0 Å². The quantitative estimate of drug-likeness (QED) is 0.551. The van der Waals surface area contributed by atoms with Crippen molar-refractivity contribution >= 4 is 16.8 Å². The molecule has 1 N–H and O–H groups in total. The number of fused-ring (bicyclic) bond motifs is 1. The number of para-hydroxylation sites is 1. The van der Waals surface area contributed by atoms with Crippen LogP contribution in [0.25, 0.3) is 22.3 Å². The zero-order valence-corrected chi connectivity index (χ0v) is 17.0. The highest BCUT2D eigenvalue weighted by Gasteiger charge is 2.18. The lowest BCUT2D eigenvalue weighted by molar-refractivity contribution is -0.122. The molecule has 1 amide bonds. The fourth-order valence-corrected chi connectivity index (χ4v) is 3.39. The van der Waals surface area contributed by atoms with E-state index in [1.54, 1.807) is 13.0 Å². The molecule has 0 saturated heterocycles. The minimum atomic E-state index is -0.489. The Kier molecular flexibility index (Phi) is 5.18. The molecule has 0 saturated carbocycles. The smallest absolute Gasteiger partial charge is 0.251 e. The van der Waals surface area contributed by atoms with E-state index in [1.165, 1.54) is 4.57 Å². The summed E-state index contributed by atoms with van der Waals surface area (Å²) in [6, 6.07) is 16.4. The molecule has 0 aliphatic rings. The van der Waals surface area contributed by atoms with Crippen molar-refractivity contribution < 1.29 is 9.32 Å². The molecule has 0 radical (unpaired) electrons. The molecule has 2 aromatic carbocycles. The summed E-state index contributed by atoms with van der Waals surface area (Å²) in [5.74, 6) is 0.459. The average molecular weight is 402 g/mol. The van der Waals surface area contributed by atoms with Gasteiger partial charge >= 0.3 is 0 Å². The van der Waals surface area contributed by atoms with Crippen LogP contribution in [0, 0.1) is 13.8 Å². The molecule has 0 fully saturated rings. The monoisotopic (exact) mass is 402 g/mol. The zero-order chi connectivity index (χ0) is 21.3. The molecular formula is C23H22N4O3. The van der Waals surface area contributed by atoms with Gasteiger partial charge in [-0.05, 0) is 32.4 Å². The van der Waals surface area contributed by atoms with E-state index in [0.29, 0.717) is 11.7 Å². The lowest BCUT2D eigenvalue weighted by Crippen LogP contribution is -2.34. The fraction of sp³-hybridized carbons (Fsp3) is 0.217. The van der Waals surface area contributed by atoms with Gasteiger partial charge < -0.3 is 9.84 Å². The van der Waals surface area contributed by atoms with E-state index in [2.05, 4.69) is 15.5 Å². The lowest BCUT2D eigenvalue weighted by atomic mass is 10.1. The van der Waals surface area contributed by atoms with Crippen molar-refractivity contribution in [1.82, 2.24) is 20.0 Å². The molecule has 4 aromatic rings. The predicted molar refractivity (Wildman–Crippen MR) is 114 cm³/mol. The minimum Gasteiger partial charge on any atom is -0.343 e. The van der Waals surface area contributed by atoms with E-state index in [9.17, 15) is 9.59 Å². The molecule has 2 aromatic heterocycles. The fourth-order valence-electron chi connectivity index (χ4n) is 3.39. The van der Waals surface area contributed by atoms with E-state index in [1.807, 2.05) is 62.4 Å². The van der Waals surface area contributed by atoms with Gasteiger partial charge in [0, 0.05) is 17.0 Å². The lowest BCUT2D eigenvalue weighted by Gasteiger charge is -2.14. The molecule has 2 heterocycles. The molecule has 152 valence electrons. The Morgan fingerprint density at radius 3 is 2.63 bits per heavy atom. The summed E-state index contributed by atoms with van der Waals surface area (Å²) in [5.41, 5.74) is 3.38. The Bertz CT molecular complexity index is 1270. The number of hydrogen-bond donors (Lipinski definition) is 1. The number of pyridine rings is 1. The summed E-state index contributed by atoms with van der Waals surface area (Å²) in [6.07, 6.45) is 0. The van der Waals surface area contributed by atoms with Gasteiger partial charge in [0.2, 0.25) is 17.6 Å². The largest absolute Gasteiger partial charge is 0.343 e. The maximum Gasteiger partial charge on any atom is 0.251 e. The molecule has 7 nitrogen and oxygen atoms in total. The van der Waals surface area contributed by atoms with Gasteiger partial charge in [-0.2, -0.15) is 4.98 Å². The minimum absolute atomic E-state index is 0.0943. The van der Waals surface area contributed by atoms with Gasteiger partial charge in [0.15, 0.2) is 0 Å². The van der Waals surface area contributed by atoms with Gasteiger partial charge in [0.25, 0.3) is 5.56 Å². The van der Waals surface area contributed by atoms with Crippen molar-refractivity contribution in [3.63, 3.8) is 0 Å². The van der Waals surface area contributed by atoms with E-state index in [-0.39, 0.29) is 18.0 Å². The Hall–Kier alpha value is -3.74. The molecule has 0 aliphatic heterocycles.